The second kappa shape index (κ2) is 10.6. The van der Waals surface area contributed by atoms with E-state index >= 15 is 0 Å². The summed E-state index contributed by atoms with van der Waals surface area (Å²) < 4.78 is 11.4. The number of carbonyl (C=O) groups is 1. The van der Waals surface area contributed by atoms with E-state index in [0.717, 1.165) is 27.6 Å². The molecule has 176 valence electrons. The number of benzene rings is 3. The summed E-state index contributed by atoms with van der Waals surface area (Å²) in [6.45, 7) is 2.69. The van der Waals surface area contributed by atoms with Crippen LogP contribution < -0.4 is 14.8 Å². The molecular weight excluding hydrogens is 452 g/mol. The molecule has 7 heteroatoms. The Balaban J connectivity index is 1.45. The Labute approximate surface area is 203 Å². The first-order valence-corrected chi connectivity index (χ1v) is 11.4. The van der Waals surface area contributed by atoms with Crippen molar-refractivity contribution in [3.63, 3.8) is 0 Å². The van der Waals surface area contributed by atoms with Crippen molar-refractivity contribution in [2.24, 2.45) is 0 Å². The molecule has 1 heterocycles. The quantitative estimate of drug-likeness (QED) is 0.280. The molecule has 6 nitrogen and oxygen atoms in total. The molecule has 3 N–H and O–H groups in total. The highest BCUT2D eigenvalue weighted by Crippen LogP contribution is 2.34. The number of halogens is 1. The summed E-state index contributed by atoms with van der Waals surface area (Å²) in [5, 5.41) is 14.4. The van der Waals surface area contributed by atoms with Gasteiger partial charge in [-0.1, -0.05) is 59.6 Å². The smallest absolute Gasteiger partial charge is 0.321 e. The van der Waals surface area contributed by atoms with Gasteiger partial charge >= 0.3 is 5.97 Å². The van der Waals surface area contributed by atoms with Crippen LogP contribution in [0.3, 0.4) is 0 Å². The van der Waals surface area contributed by atoms with Crippen LogP contribution in [0.2, 0.25) is 5.02 Å². The number of H-pyrrole nitrogens is 1. The van der Waals surface area contributed by atoms with Crippen molar-refractivity contribution in [1.29, 1.82) is 0 Å². The molecular formula is C27H27ClN2O4. The first-order chi connectivity index (χ1) is 16.4. The number of carboxylic acids is 1. The number of aryl methyl sites for hydroxylation is 1. The molecule has 0 fully saturated rings. The summed E-state index contributed by atoms with van der Waals surface area (Å²) in [6.07, 6.45) is 2.20. The molecule has 0 saturated heterocycles. The summed E-state index contributed by atoms with van der Waals surface area (Å²) in [7, 11) is 1.57. The second-order valence-electron chi connectivity index (χ2n) is 8.20. The first-order valence-electron chi connectivity index (χ1n) is 11.0. The summed E-state index contributed by atoms with van der Waals surface area (Å²) in [4.78, 5) is 15.1. The maximum Gasteiger partial charge on any atom is 0.321 e. The Kier molecular flexibility index (Phi) is 7.40. The van der Waals surface area contributed by atoms with Crippen LogP contribution in [0.5, 0.6) is 11.5 Å². The topological polar surface area (TPSA) is 83.6 Å². The predicted octanol–water partition coefficient (Wildman–Crippen LogP) is 5.50. The van der Waals surface area contributed by atoms with Gasteiger partial charge in [0.15, 0.2) is 11.5 Å². The average Bonchev–Trinajstić information content (AvgIpc) is 3.24. The lowest BCUT2D eigenvalue weighted by Gasteiger charge is -2.17. The maximum absolute atomic E-state index is 11.9. The van der Waals surface area contributed by atoms with E-state index in [4.69, 9.17) is 21.1 Å². The van der Waals surface area contributed by atoms with E-state index in [-0.39, 0.29) is 6.54 Å². The van der Waals surface area contributed by atoms with E-state index in [1.807, 2.05) is 61.7 Å². The molecule has 0 aliphatic heterocycles. The van der Waals surface area contributed by atoms with Crippen LogP contribution in [0.4, 0.5) is 0 Å². The number of fused-ring (bicyclic) bond motifs is 1. The number of rotatable bonds is 10. The zero-order chi connectivity index (χ0) is 24.1. The van der Waals surface area contributed by atoms with Gasteiger partial charge in [-0.25, -0.2) is 0 Å². The van der Waals surface area contributed by atoms with Crippen molar-refractivity contribution in [3.05, 3.63) is 94.1 Å². The molecule has 1 unspecified atom stereocenters. The highest BCUT2D eigenvalue weighted by molar-refractivity contribution is 6.31. The minimum absolute atomic E-state index is 0.271. The molecule has 4 rings (SSSR count). The summed E-state index contributed by atoms with van der Waals surface area (Å²) in [5.41, 5.74) is 4.88. The number of ether oxygens (including phenoxy) is 2. The van der Waals surface area contributed by atoms with Gasteiger partial charge in [0.25, 0.3) is 0 Å². The molecule has 1 aromatic heterocycles. The van der Waals surface area contributed by atoms with Crippen LogP contribution in [-0.2, 0) is 24.4 Å². The molecule has 34 heavy (non-hydrogen) atoms. The third-order valence-corrected chi connectivity index (χ3v) is 6.14. The molecule has 0 saturated carbocycles. The van der Waals surface area contributed by atoms with Gasteiger partial charge in [0.1, 0.15) is 12.6 Å². The highest BCUT2D eigenvalue weighted by atomic mass is 35.5. The van der Waals surface area contributed by atoms with Crippen LogP contribution in [0.25, 0.3) is 10.9 Å². The molecule has 0 spiro atoms. The lowest BCUT2D eigenvalue weighted by Crippen LogP contribution is -2.38. The van der Waals surface area contributed by atoms with E-state index in [2.05, 4.69) is 10.3 Å². The van der Waals surface area contributed by atoms with Crippen molar-refractivity contribution in [1.82, 2.24) is 10.3 Å². The van der Waals surface area contributed by atoms with Gasteiger partial charge in [0.2, 0.25) is 0 Å². The number of hydrogen-bond donors (Lipinski definition) is 3. The number of methoxy groups -OCH3 is 1. The second-order valence-corrected chi connectivity index (χ2v) is 8.61. The molecule has 1 atom stereocenters. The highest BCUT2D eigenvalue weighted by Gasteiger charge is 2.20. The fraction of sp³-hybridized carbons (Fsp3) is 0.222. The van der Waals surface area contributed by atoms with Crippen LogP contribution >= 0.6 is 11.6 Å². The molecule has 3 aromatic carbocycles. The van der Waals surface area contributed by atoms with Gasteiger partial charge in [-0.2, -0.15) is 0 Å². The van der Waals surface area contributed by atoms with Gasteiger partial charge in [-0.15, -0.1) is 0 Å². The standard InChI is InChI=1S/C27H27ClN2O4/c1-17-7-9-18(10-8-17)16-34-26-13-22(28)20(12-25(26)33-2)15-30-24(27(31)32)11-19-14-29-23-6-4-3-5-21(19)23/h3-10,12-14,24,29-30H,11,15-16H2,1-2H3,(H,31,32). The van der Waals surface area contributed by atoms with Crippen molar-refractivity contribution in [2.45, 2.75) is 32.5 Å². The Morgan fingerprint density at radius 1 is 1.09 bits per heavy atom. The van der Waals surface area contributed by atoms with Crippen molar-refractivity contribution in [2.75, 3.05) is 7.11 Å². The normalized spacial score (nSPS) is 12.0. The van der Waals surface area contributed by atoms with Gasteiger partial charge in [-0.3, -0.25) is 10.1 Å². The number of para-hydroxylation sites is 1. The zero-order valence-corrected chi connectivity index (χ0v) is 19.9. The third-order valence-electron chi connectivity index (χ3n) is 5.78. The zero-order valence-electron chi connectivity index (χ0n) is 19.1. The minimum Gasteiger partial charge on any atom is -0.493 e. The number of hydrogen-bond acceptors (Lipinski definition) is 4. The molecule has 0 aliphatic carbocycles. The number of aromatic nitrogens is 1. The first kappa shape index (κ1) is 23.7. The van der Waals surface area contributed by atoms with Gasteiger partial charge < -0.3 is 19.6 Å². The minimum atomic E-state index is -0.925. The molecule has 0 bridgehead atoms. The van der Waals surface area contributed by atoms with E-state index in [1.165, 1.54) is 5.56 Å². The fourth-order valence-electron chi connectivity index (χ4n) is 3.83. The van der Waals surface area contributed by atoms with Crippen molar-refractivity contribution < 1.29 is 19.4 Å². The Morgan fingerprint density at radius 2 is 1.85 bits per heavy atom. The fourth-order valence-corrected chi connectivity index (χ4v) is 4.05. The monoisotopic (exact) mass is 478 g/mol. The van der Waals surface area contributed by atoms with Crippen LogP contribution in [0, 0.1) is 6.92 Å². The average molecular weight is 479 g/mol. The lowest BCUT2D eigenvalue weighted by atomic mass is 10.0. The Hall–Kier alpha value is -3.48. The van der Waals surface area contributed by atoms with Crippen LogP contribution in [-0.4, -0.2) is 29.2 Å². The van der Waals surface area contributed by atoms with Gasteiger partial charge in [0, 0.05) is 41.2 Å². The predicted molar refractivity (Wildman–Crippen MR) is 134 cm³/mol. The van der Waals surface area contributed by atoms with E-state index in [9.17, 15) is 9.90 Å². The summed E-state index contributed by atoms with van der Waals surface area (Å²) in [6, 6.07) is 18.6. The number of carboxylic acid groups (broad SMARTS) is 1. The van der Waals surface area contributed by atoms with Crippen LogP contribution in [0.1, 0.15) is 22.3 Å². The Bertz CT molecular complexity index is 1280. The van der Waals surface area contributed by atoms with Crippen LogP contribution in [0.15, 0.2) is 66.9 Å². The molecule has 0 radical (unpaired) electrons. The van der Waals surface area contributed by atoms with E-state index in [0.29, 0.717) is 29.5 Å². The maximum atomic E-state index is 11.9. The van der Waals surface area contributed by atoms with E-state index < -0.39 is 12.0 Å². The lowest BCUT2D eigenvalue weighted by molar-refractivity contribution is -0.139. The van der Waals surface area contributed by atoms with Gasteiger partial charge in [0.05, 0.1) is 7.11 Å². The number of aliphatic carboxylic acids is 1. The summed E-state index contributed by atoms with van der Waals surface area (Å²) in [5.74, 6) is 0.147. The van der Waals surface area contributed by atoms with Gasteiger partial charge in [-0.05, 0) is 35.7 Å². The summed E-state index contributed by atoms with van der Waals surface area (Å²) >= 11 is 6.52. The van der Waals surface area contributed by atoms with E-state index in [1.54, 1.807) is 19.2 Å². The van der Waals surface area contributed by atoms with Crippen molar-refractivity contribution in [3.8, 4) is 11.5 Å². The molecule has 0 aliphatic rings. The Morgan fingerprint density at radius 3 is 2.59 bits per heavy atom. The largest absolute Gasteiger partial charge is 0.493 e. The molecule has 0 amide bonds. The molecule has 4 aromatic rings. The number of aromatic amines is 1. The number of nitrogens with one attached hydrogen (secondary N) is 2. The SMILES string of the molecule is COc1cc(CNC(Cc2c[nH]c3ccccc23)C(=O)O)c(Cl)cc1OCc1ccc(C)cc1. The third kappa shape index (κ3) is 5.53. The van der Waals surface area contributed by atoms with Crippen molar-refractivity contribution >= 4 is 28.5 Å².